The van der Waals surface area contributed by atoms with Gasteiger partial charge in [-0.15, -0.1) is 0 Å². The quantitative estimate of drug-likeness (QED) is 0.636. The number of piperidine rings is 1. The van der Waals surface area contributed by atoms with E-state index in [2.05, 4.69) is 21.2 Å². The molecule has 0 unspecified atom stereocenters. The van der Waals surface area contributed by atoms with Crippen LogP contribution in [-0.4, -0.2) is 61.1 Å². The summed E-state index contributed by atoms with van der Waals surface area (Å²) in [6.45, 7) is 7.28. The Hall–Kier alpha value is -1.59. The van der Waals surface area contributed by atoms with Crippen molar-refractivity contribution in [2.45, 2.75) is 70.3 Å². The van der Waals surface area contributed by atoms with Crippen LogP contribution >= 0.6 is 0 Å². The van der Waals surface area contributed by atoms with Gasteiger partial charge in [0.2, 0.25) is 5.91 Å². The van der Waals surface area contributed by atoms with E-state index in [9.17, 15) is 4.79 Å². The summed E-state index contributed by atoms with van der Waals surface area (Å²) < 4.78 is 5.90. The predicted molar refractivity (Wildman–Crippen MR) is 118 cm³/mol. The van der Waals surface area contributed by atoms with Crippen molar-refractivity contribution in [3.8, 4) is 5.75 Å². The molecule has 1 N–H and O–H groups in total. The number of benzene rings is 1. The van der Waals surface area contributed by atoms with E-state index in [-0.39, 0.29) is 5.91 Å². The second-order valence-electron chi connectivity index (χ2n) is 8.95. The largest absolute Gasteiger partial charge is 0.494 e. The molecule has 0 bridgehead atoms. The summed E-state index contributed by atoms with van der Waals surface area (Å²) in [5, 5.41) is 2.94. The Kier molecular flexibility index (Phi) is 7.44. The van der Waals surface area contributed by atoms with E-state index in [1.165, 1.54) is 83.2 Å². The Balaban J connectivity index is 1.04. The van der Waals surface area contributed by atoms with Crippen LogP contribution in [0.2, 0.25) is 0 Å². The number of nitrogens with zero attached hydrogens (tertiary/aromatic N) is 2. The number of fused-ring (bicyclic) bond motifs is 1. The summed E-state index contributed by atoms with van der Waals surface area (Å²) in [7, 11) is 0. The lowest BCUT2D eigenvalue weighted by Crippen LogP contribution is -2.44. The summed E-state index contributed by atoms with van der Waals surface area (Å²) in [5.74, 6) is 0.974. The van der Waals surface area contributed by atoms with Gasteiger partial charge in [-0.3, -0.25) is 4.79 Å². The molecule has 3 heterocycles. The smallest absolute Gasteiger partial charge is 0.224 e. The highest BCUT2D eigenvalue weighted by Gasteiger charge is 2.25. The Morgan fingerprint density at radius 3 is 2.59 bits per heavy atom. The van der Waals surface area contributed by atoms with Gasteiger partial charge in [0.15, 0.2) is 0 Å². The fourth-order valence-corrected chi connectivity index (χ4v) is 5.04. The first-order valence-electron chi connectivity index (χ1n) is 11.8. The van der Waals surface area contributed by atoms with Gasteiger partial charge < -0.3 is 19.9 Å². The standard InChI is InChI=1S/C24H37N3O2/c28-24-10-8-20-7-9-22(19-23(20)25-24)29-18-6-2-1-3-13-26-16-11-21(12-17-26)27-14-4-5-15-27/h7,9,19,21H,1-6,8,10-18H2,(H,25,28). The highest BCUT2D eigenvalue weighted by molar-refractivity contribution is 5.94. The summed E-state index contributed by atoms with van der Waals surface area (Å²) in [4.78, 5) is 16.9. The molecule has 3 aliphatic rings. The third-order valence-corrected chi connectivity index (χ3v) is 6.83. The van der Waals surface area contributed by atoms with Gasteiger partial charge in [0.05, 0.1) is 6.61 Å². The molecule has 0 spiro atoms. The molecule has 1 aromatic rings. The Morgan fingerprint density at radius 1 is 0.966 bits per heavy atom. The van der Waals surface area contributed by atoms with Gasteiger partial charge in [0, 0.05) is 24.2 Å². The minimum absolute atomic E-state index is 0.106. The van der Waals surface area contributed by atoms with E-state index in [1.807, 2.05) is 12.1 Å². The van der Waals surface area contributed by atoms with Crippen LogP contribution in [0.4, 0.5) is 5.69 Å². The number of unbranched alkanes of at least 4 members (excludes halogenated alkanes) is 3. The molecule has 5 nitrogen and oxygen atoms in total. The zero-order valence-corrected chi connectivity index (χ0v) is 17.8. The van der Waals surface area contributed by atoms with Crippen LogP contribution in [0.25, 0.3) is 0 Å². The zero-order valence-electron chi connectivity index (χ0n) is 17.8. The number of carbonyl (C=O) groups is 1. The third-order valence-electron chi connectivity index (χ3n) is 6.83. The molecule has 160 valence electrons. The van der Waals surface area contributed by atoms with Gasteiger partial charge in [-0.05, 0) is 89.3 Å². The number of ether oxygens (including phenoxy) is 1. The van der Waals surface area contributed by atoms with Crippen molar-refractivity contribution in [2.75, 3.05) is 44.6 Å². The van der Waals surface area contributed by atoms with E-state index in [4.69, 9.17) is 4.74 Å². The van der Waals surface area contributed by atoms with E-state index < -0.39 is 0 Å². The number of anilines is 1. The zero-order chi connectivity index (χ0) is 19.9. The van der Waals surface area contributed by atoms with Crippen molar-refractivity contribution < 1.29 is 9.53 Å². The minimum atomic E-state index is 0.106. The van der Waals surface area contributed by atoms with Crippen LogP contribution in [0, 0.1) is 0 Å². The van der Waals surface area contributed by atoms with Crippen molar-refractivity contribution in [1.29, 1.82) is 0 Å². The predicted octanol–water partition coefficient (Wildman–Crippen LogP) is 4.07. The summed E-state index contributed by atoms with van der Waals surface area (Å²) in [6, 6.07) is 6.94. The van der Waals surface area contributed by atoms with Gasteiger partial charge >= 0.3 is 0 Å². The van der Waals surface area contributed by atoms with E-state index >= 15 is 0 Å². The van der Waals surface area contributed by atoms with Crippen LogP contribution in [-0.2, 0) is 11.2 Å². The van der Waals surface area contributed by atoms with Crippen LogP contribution in [0.5, 0.6) is 5.75 Å². The molecule has 0 aliphatic carbocycles. The molecule has 4 rings (SSSR count). The number of carbonyl (C=O) groups excluding carboxylic acids is 1. The topological polar surface area (TPSA) is 44.8 Å². The van der Waals surface area contributed by atoms with Crippen LogP contribution in [0.1, 0.15) is 63.4 Å². The van der Waals surface area contributed by atoms with Gasteiger partial charge in [-0.2, -0.15) is 0 Å². The van der Waals surface area contributed by atoms with Crippen molar-refractivity contribution in [1.82, 2.24) is 9.80 Å². The molecule has 0 saturated carbocycles. The van der Waals surface area contributed by atoms with Crippen molar-refractivity contribution in [3.05, 3.63) is 23.8 Å². The fourth-order valence-electron chi connectivity index (χ4n) is 5.04. The lowest BCUT2D eigenvalue weighted by atomic mass is 10.0. The summed E-state index contributed by atoms with van der Waals surface area (Å²) in [5.41, 5.74) is 2.13. The Labute approximate surface area is 175 Å². The number of hydrogen-bond acceptors (Lipinski definition) is 4. The first kappa shape index (κ1) is 20.7. The second-order valence-corrected chi connectivity index (χ2v) is 8.95. The normalized spacial score (nSPS) is 21.2. The highest BCUT2D eigenvalue weighted by atomic mass is 16.5. The first-order valence-corrected chi connectivity index (χ1v) is 11.8. The highest BCUT2D eigenvalue weighted by Crippen LogP contribution is 2.27. The number of nitrogens with one attached hydrogen (secondary N) is 1. The molecule has 3 aliphatic heterocycles. The molecule has 1 amide bonds. The average Bonchev–Trinajstić information content (AvgIpc) is 3.28. The fraction of sp³-hybridized carbons (Fsp3) is 0.708. The van der Waals surface area contributed by atoms with Crippen LogP contribution in [0.3, 0.4) is 0 Å². The van der Waals surface area contributed by atoms with Gasteiger partial charge in [-0.25, -0.2) is 0 Å². The number of rotatable bonds is 9. The lowest BCUT2D eigenvalue weighted by Gasteiger charge is -2.36. The first-order chi connectivity index (χ1) is 14.3. The van der Waals surface area contributed by atoms with Crippen LogP contribution < -0.4 is 10.1 Å². The minimum Gasteiger partial charge on any atom is -0.494 e. The van der Waals surface area contributed by atoms with Gasteiger partial charge in [0.1, 0.15) is 5.75 Å². The number of amides is 1. The van der Waals surface area contributed by atoms with Gasteiger partial charge in [0.25, 0.3) is 0 Å². The second kappa shape index (κ2) is 10.4. The third kappa shape index (κ3) is 5.95. The number of hydrogen-bond donors (Lipinski definition) is 1. The van der Waals surface area contributed by atoms with E-state index in [0.29, 0.717) is 6.42 Å². The molecule has 0 radical (unpaired) electrons. The van der Waals surface area contributed by atoms with Gasteiger partial charge in [-0.1, -0.05) is 18.9 Å². The lowest BCUT2D eigenvalue weighted by molar-refractivity contribution is -0.116. The molecule has 5 heteroatoms. The maximum absolute atomic E-state index is 11.5. The molecular weight excluding hydrogens is 362 g/mol. The van der Waals surface area contributed by atoms with Crippen molar-refractivity contribution in [2.24, 2.45) is 0 Å². The van der Waals surface area contributed by atoms with Crippen molar-refractivity contribution in [3.63, 3.8) is 0 Å². The number of likely N-dealkylation sites (tertiary alicyclic amines) is 2. The average molecular weight is 400 g/mol. The summed E-state index contributed by atoms with van der Waals surface area (Å²) in [6.07, 6.45) is 11.9. The molecule has 0 atom stereocenters. The SMILES string of the molecule is O=C1CCc2ccc(OCCCCCCN3CCC(N4CCCC4)CC3)cc2N1. The van der Waals surface area contributed by atoms with E-state index in [1.54, 1.807) is 0 Å². The number of aryl methyl sites for hydroxylation is 1. The monoisotopic (exact) mass is 399 g/mol. The van der Waals surface area contributed by atoms with Crippen molar-refractivity contribution >= 4 is 11.6 Å². The molecular formula is C24H37N3O2. The molecule has 0 aromatic heterocycles. The molecule has 1 aromatic carbocycles. The Bertz CT molecular complexity index is 664. The maximum Gasteiger partial charge on any atom is 0.224 e. The Morgan fingerprint density at radius 2 is 1.76 bits per heavy atom. The van der Waals surface area contributed by atoms with Crippen LogP contribution in [0.15, 0.2) is 18.2 Å². The molecule has 29 heavy (non-hydrogen) atoms. The van der Waals surface area contributed by atoms with E-state index in [0.717, 1.165) is 36.9 Å². The molecule has 2 saturated heterocycles. The molecule has 2 fully saturated rings. The maximum atomic E-state index is 11.5. The summed E-state index contributed by atoms with van der Waals surface area (Å²) >= 11 is 0.